The molecule has 0 aliphatic rings. The topological polar surface area (TPSA) is 80.7 Å². The molecule has 0 unspecified atom stereocenters. The molecule has 0 atom stereocenters. The highest BCUT2D eigenvalue weighted by molar-refractivity contribution is 7.08. The standard InChI is InChI=1S/C19H15N5OS/c1-12-6-22-15(8-21-12)9-23-19(25)17-3-2-13-7-20-10-16(18(13)24-17)14-4-5-26-11-14/h2-8,10-11H,9H2,1H3,(H,23,25). The molecule has 1 N–H and O–H groups in total. The first-order valence-electron chi connectivity index (χ1n) is 8.04. The summed E-state index contributed by atoms with van der Waals surface area (Å²) in [6.07, 6.45) is 6.86. The van der Waals surface area contributed by atoms with Crippen LogP contribution in [0.3, 0.4) is 0 Å². The van der Waals surface area contributed by atoms with Crippen LogP contribution in [0.15, 0.2) is 53.7 Å². The van der Waals surface area contributed by atoms with E-state index in [4.69, 9.17) is 0 Å². The Hall–Kier alpha value is -3.19. The van der Waals surface area contributed by atoms with Crippen LogP contribution in [0.5, 0.6) is 0 Å². The number of amides is 1. The first-order chi connectivity index (χ1) is 12.7. The summed E-state index contributed by atoms with van der Waals surface area (Å²) in [5.74, 6) is -0.248. The molecule has 0 aliphatic heterocycles. The predicted molar refractivity (Wildman–Crippen MR) is 101 cm³/mol. The van der Waals surface area contributed by atoms with Crippen molar-refractivity contribution >= 4 is 28.1 Å². The summed E-state index contributed by atoms with van der Waals surface area (Å²) in [7, 11) is 0. The van der Waals surface area contributed by atoms with Crippen LogP contribution in [-0.4, -0.2) is 25.8 Å². The maximum absolute atomic E-state index is 12.5. The first kappa shape index (κ1) is 16.3. The molecule has 4 heterocycles. The van der Waals surface area contributed by atoms with Crippen LogP contribution < -0.4 is 5.32 Å². The van der Waals surface area contributed by atoms with Crippen LogP contribution >= 0.6 is 11.3 Å². The van der Waals surface area contributed by atoms with Crippen molar-refractivity contribution in [2.24, 2.45) is 0 Å². The molecule has 0 radical (unpaired) electrons. The smallest absolute Gasteiger partial charge is 0.270 e. The van der Waals surface area contributed by atoms with Crippen molar-refractivity contribution in [3.63, 3.8) is 0 Å². The van der Waals surface area contributed by atoms with Crippen LogP contribution in [0.25, 0.3) is 22.0 Å². The molecule has 0 spiro atoms. The molecule has 26 heavy (non-hydrogen) atoms. The Balaban J connectivity index is 1.61. The maximum Gasteiger partial charge on any atom is 0.270 e. The Bertz CT molecular complexity index is 1060. The van der Waals surface area contributed by atoms with Crippen LogP contribution in [0, 0.1) is 6.92 Å². The lowest BCUT2D eigenvalue weighted by molar-refractivity contribution is 0.0946. The van der Waals surface area contributed by atoms with Gasteiger partial charge in [0, 0.05) is 29.5 Å². The SMILES string of the molecule is Cc1cnc(CNC(=O)c2ccc3cncc(-c4ccsc4)c3n2)cn1. The number of aryl methyl sites for hydroxylation is 1. The number of nitrogens with zero attached hydrogens (tertiary/aromatic N) is 4. The molecule has 0 fully saturated rings. The highest BCUT2D eigenvalue weighted by atomic mass is 32.1. The lowest BCUT2D eigenvalue weighted by Gasteiger charge is -2.07. The molecule has 1 amide bonds. The van der Waals surface area contributed by atoms with E-state index in [9.17, 15) is 4.79 Å². The minimum absolute atomic E-state index is 0.248. The van der Waals surface area contributed by atoms with Gasteiger partial charge in [-0.25, -0.2) is 4.98 Å². The fourth-order valence-electron chi connectivity index (χ4n) is 2.57. The molecule has 0 aliphatic carbocycles. The van der Waals surface area contributed by atoms with E-state index in [0.29, 0.717) is 17.9 Å². The number of carbonyl (C=O) groups excluding carboxylic acids is 1. The zero-order chi connectivity index (χ0) is 17.9. The van der Waals surface area contributed by atoms with Gasteiger partial charge in [0.25, 0.3) is 5.91 Å². The molecule has 0 saturated heterocycles. The van der Waals surface area contributed by atoms with E-state index in [1.807, 2.05) is 29.8 Å². The van der Waals surface area contributed by atoms with Crippen molar-refractivity contribution in [3.8, 4) is 11.1 Å². The van der Waals surface area contributed by atoms with Gasteiger partial charge in [0.05, 0.1) is 29.6 Å². The summed E-state index contributed by atoms with van der Waals surface area (Å²) < 4.78 is 0. The van der Waals surface area contributed by atoms with Gasteiger partial charge in [0.1, 0.15) is 5.69 Å². The molecule has 6 nitrogen and oxygen atoms in total. The van der Waals surface area contributed by atoms with Crippen molar-refractivity contribution in [3.05, 3.63) is 70.8 Å². The van der Waals surface area contributed by atoms with Gasteiger partial charge >= 0.3 is 0 Å². The van der Waals surface area contributed by atoms with Gasteiger partial charge in [-0.3, -0.25) is 19.7 Å². The van der Waals surface area contributed by atoms with Gasteiger partial charge in [-0.05, 0) is 41.4 Å². The zero-order valence-electron chi connectivity index (χ0n) is 14.0. The summed E-state index contributed by atoms with van der Waals surface area (Å²) in [6, 6.07) is 5.59. The van der Waals surface area contributed by atoms with Gasteiger partial charge in [0.2, 0.25) is 0 Å². The van der Waals surface area contributed by atoms with E-state index in [1.54, 1.807) is 42.2 Å². The molecule has 0 saturated carbocycles. The monoisotopic (exact) mass is 361 g/mol. The number of carbonyl (C=O) groups is 1. The number of hydrogen-bond acceptors (Lipinski definition) is 6. The second kappa shape index (κ2) is 6.97. The molecule has 4 aromatic rings. The first-order valence-corrected chi connectivity index (χ1v) is 8.98. The van der Waals surface area contributed by atoms with Crippen LogP contribution in [0.4, 0.5) is 0 Å². The van der Waals surface area contributed by atoms with Gasteiger partial charge in [-0.2, -0.15) is 11.3 Å². The molecule has 128 valence electrons. The van der Waals surface area contributed by atoms with Gasteiger partial charge in [-0.15, -0.1) is 0 Å². The highest BCUT2D eigenvalue weighted by Crippen LogP contribution is 2.28. The quantitative estimate of drug-likeness (QED) is 0.603. The lowest BCUT2D eigenvalue weighted by Crippen LogP contribution is -2.24. The minimum atomic E-state index is -0.248. The Kier molecular flexibility index (Phi) is 4.37. The summed E-state index contributed by atoms with van der Waals surface area (Å²) in [5, 5.41) is 7.78. The Morgan fingerprint density at radius 1 is 1.12 bits per heavy atom. The number of aromatic nitrogens is 4. The van der Waals surface area contributed by atoms with Crippen molar-refractivity contribution in [2.75, 3.05) is 0 Å². The Morgan fingerprint density at radius 3 is 2.81 bits per heavy atom. The number of rotatable bonds is 4. The largest absolute Gasteiger partial charge is 0.345 e. The Morgan fingerprint density at radius 2 is 2.04 bits per heavy atom. The molecule has 0 bridgehead atoms. The van der Waals surface area contributed by atoms with Gasteiger partial charge < -0.3 is 5.32 Å². The average Bonchev–Trinajstić information content (AvgIpc) is 3.21. The fraction of sp³-hybridized carbons (Fsp3) is 0.105. The van der Waals surface area contributed by atoms with Crippen LogP contribution in [0.2, 0.25) is 0 Å². The number of hydrogen-bond donors (Lipinski definition) is 1. The molecule has 7 heteroatoms. The summed E-state index contributed by atoms with van der Waals surface area (Å²) in [5.41, 5.74) is 4.64. The normalized spacial score (nSPS) is 10.8. The van der Waals surface area contributed by atoms with E-state index >= 15 is 0 Å². The highest BCUT2D eigenvalue weighted by Gasteiger charge is 2.12. The Labute approximate surface area is 154 Å². The van der Waals surface area contributed by atoms with E-state index < -0.39 is 0 Å². The maximum atomic E-state index is 12.5. The third-order valence-corrected chi connectivity index (χ3v) is 4.61. The lowest BCUT2D eigenvalue weighted by atomic mass is 10.1. The number of thiophene rings is 1. The summed E-state index contributed by atoms with van der Waals surface area (Å²) in [4.78, 5) is 29.8. The number of pyridine rings is 2. The molecule has 0 aromatic carbocycles. The zero-order valence-corrected chi connectivity index (χ0v) is 14.8. The van der Waals surface area contributed by atoms with Crippen molar-refractivity contribution in [1.82, 2.24) is 25.3 Å². The van der Waals surface area contributed by atoms with Crippen molar-refractivity contribution in [1.29, 1.82) is 0 Å². The number of fused-ring (bicyclic) bond motifs is 1. The predicted octanol–water partition coefficient (Wildman–Crippen LogP) is 3.39. The molecular formula is C19H15N5OS. The minimum Gasteiger partial charge on any atom is -0.345 e. The van der Waals surface area contributed by atoms with E-state index in [2.05, 4.69) is 25.3 Å². The van der Waals surface area contributed by atoms with E-state index in [-0.39, 0.29) is 5.91 Å². The average molecular weight is 361 g/mol. The van der Waals surface area contributed by atoms with Gasteiger partial charge in [-0.1, -0.05) is 0 Å². The molecule has 4 aromatic heterocycles. The third-order valence-electron chi connectivity index (χ3n) is 3.93. The molecule has 4 rings (SSSR count). The van der Waals surface area contributed by atoms with Gasteiger partial charge in [0.15, 0.2) is 0 Å². The number of nitrogens with one attached hydrogen (secondary N) is 1. The summed E-state index contributed by atoms with van der Waals surface area (Å²) >= 11 is 1.61. The van der Waals surface area contributed by atoms with E-state index in [1.165, 1.54) is 0 Å². The second-order valence-corrected chi connectivity index (χ2v) is 6.58. The van der Waals surface area contributed by atoms with Crippen molar-refractivity contribution in [2.45, 2.75) is 13.5 Å². The fourth-order valence-corrected chi connectivity index (χ4v) is 3.23. The van der Waals surface area contributed by atoms with Crippen LogP contribution in [0.1, 0.15) is 21.9 Å². The van der Waals surface area contributed by atoms with Crippen LogP contribution in [-0.2, 0) is 6.54 Å². The second-order valence-electron chi connectivity index (χ2n) is 5.80. The molecular weight excluding hydrogens is 346 g/mol. The van der Waals surface area contributed by atoms with E-state index in [0.717, 1.165) is 27.7 Å². The van der Waals surface area contributed by atoms with Crippen molar-refractivity contribution < 1.29 is 4.79 Å². The third kappa shape index (κ3) is 3.29. The summed E-state index contributed by atoms with van der Waals surface area (Å²) in [6.45, 7) is 2.17.